The molecular formula is C29H31N5O3. The van der Waals surface area contributed by atoms with Crippen LogP contribution in [-0.4, -0.2) is 64.1 Å². The first-order chi connectivity index (χ1) is 17.9. The van der Waals surface area contributed by atoms with Crippen LogP contribution < -0.4 is 5.32 Å². The van der Waals surface area contributed by atoms with E-state index in [-0.39, 0.29) is 11.8 Å². The minimum atomic E-state index is -0.678. The predicted octanol–water partition coefficient (Wildman–Crippen LogP) is 3.62. The third-order valence-corrected chi connectivity index (χ3v) is 7.09. The first-order valence-corrected chi connectivity index (χ1v) is 12.6. The Morgan fingerprint density at radius 1 is 1.08 bits per heavy atom. The van der Waals surface area contributed by atoms with Crippen molar-refractivity contribution in [3.8, 4) is 0 Å². The molecule has 2 atom stereocenters. The smallest absolute Gasteiger partial charge is 0.349 e. The highest BCUT2D eigenvalue weighted by Crippen LogP contribution is 2.32. The molecule has 2 aromatic carbocycles. The maximum absolute atomic E-state index is 12.6. The standard InChI is InChI=1S/C29H31N5O3/c1-19-15-23-24(16-20(19)2)34(27-26(30-23)28(36)32-29(37)31-27)14-13-33(17-21-9-5-3-6-10-21)18-25(35)22-11-7-4-8-12-22/h3-12,16,23,25,35H,13-15,17-18H2,1-2H3,(H,32,36,37)/t23?,25-/m0/s1. The van der Waals surface area contributed by atoms with Gasteiger partial charge in [0.1, 0.15) is 0 Å². The number of allylic oxidation sites excluding steroid dienone is 2. The zero-order valence-corrected chi connectivity index (χ0v) is 21.1. The van der Waals surface area contributed by atoms with E-state index in [4.69, 9.17) is 0 Å². The number of amides is 3. The number of nitrogens with one attached hydrogen (secondary N) is 1. The van der Waals surface area contributed by atoms with E-state index in [0.29, 0.717) is 38.4 Å². The number of nitrogens with zero attached hydrogens (tertiary/aromatic N) is 4. The van der Waals surface area contributed by atoms with Crippen LogP contribution in [0.25, 0.3) is 0 Å². The summed E-state index contributed by atoms with van der Waals surface area (Å²) in [5.41, 5.74) is 5.52. The van der Waals surface area contributed by atoms with Crippen LogP contribution in [-0.2, 0) is 11.3 Å². The molecule has 5 rings (SSSR count). The average molecular weight is 498 g/mol. The molecule has 0 saturated carbocycles. The summed E-state index contributed by atoms with van der Waals surface area (Å²) in [5, 5.41) is 13.3. The van der Waals surface area contributed by atoms with Gasteiger partial charge in [0.2, 0.25) is 0 Å². The van der Waals surface area contributed by atoms with E-state index in [1.807, 2.05) is 53.4 Å². The van der Waals surface area contributed by atoms with E-state index >= 15 is 0 Å². The lowest BCUT2D eigenvalue weighted by atomic mass is 9.91. The molecule has 0 radical (unpaired) electrons. The SMILES string of the molecule is CC1=C(C)CC2N=C3C(=O)NC(=O)N=C3N(CCN(Cc3ccccc3)C[C@H](O)c3ccccc3)C2=C1. The van der Waals surface area contributed by atoms with E-state index < -0.39 is 18.0 Å². The van der Waals surface area contributed by atoms with Crippen molar-refractivity contribution in [2.75, 3.05) is 19.6 Å². The number of hydrogen-bond donors (Lipinski definition) is 2. The van der Waals surface area contributed by atoms with E-state index in [0.717, 1.165) is 22.4 Å². The fraction of sp³-hybridized carbons (Fsp3) is 0.310. The molecule has 2 aliphatic heterocycles. The summed E-state index contributed by atoms with van der Waals surface area (Å²) < 4.78 is 0. The molecule has 8 nitrogen and oxygen atoms in total. The average Bonchev–Trinajstić information content (AvgIpc) is 2.89. The summed E-state index contributed by atoms with van der Waals surface area (Å²) in [6.07, 6.45) is 2.15. The van der Waals surface area contributed by atoms with Crippen LogP contribution in [0.4, 0.5) is 4.79 Å². The zero-order valence-electron chi connectivity index (χ0n) is 21.1. The van der Waals surface area contributed by atoms with Crippen molar-refractivity contribution in [3.05, 3.63) is 94.7 Å². The number of rotatable bonds is 8. The lowest BCUT2D eigenvalue weighted by Crippen LogP contribution is -2.55. The minimum Gasteiger partial charge on any atom is -0.387 e. The molecular weight excluding hydrogens is 466 g/mol. The lowest BCUT2D eigenvalue weighted by Gasteiger charge is -2.40. The normalized spacial score (nSPS) is 20.1. The van der Waals surface area contributed by atoms with E-state index in [9.17, 15) is 14.7 Å². The van der Waals surface area contributed by atoms with Crippen LogP contribution in [0.15, 0.2) is 93.6 Å². The second-order valence-corrected chi connectivity index (χ2v) is 9.72. The highest BCUT2D eigenvalue weighted by atomic mass is 16.3. The molecule has 3 amide bonds. The second kappa shape index (κ2) is 10.6. The van der Waals surface area contributed by atoms with Gasteiger partial charge in [-0.2, -0.15) is 4.99 Å². The molecule has 190 valence electrons. The van der Waals surface area contributed by atoms with Gasteiger partial charge in [-0.15, -0.1) is 0 Å². The number of amidine groups is 1. The van der Waals surface area contributed by atoms with Gasteiger partial charge in [0.25, 0.3) is 5.91 Å². The Bertz CT molecular complexity index is 1310. The molecule has 2 N–H and O–H groups in total. The molecule has 37 heavy (non-hydrogen) atoms. The summed E-state index contributed by atoms with van der Waals surface area (Å²) in [4.78, 5) is 37.8. The first-order valence-electron chi connectivity index (χ1n) is 12.6. The third kappa shape index (κ3) is 5.45. The van der Waals surface area contributed by atoms with Gasteiger partial charge in [-0.1, -0.05) is 71.8 Å². The maximum Gasteiger partial charge on any atom is 0.349 e. The molecule has 0 saturated heterocycles. The summed E-state index contributed by atoms with van der Waals surface area (Å²) in [5.74, 6) is -0.213. The van der Waals surface area contributed by atoms with Gasteiger partial charge in [0, 0.05) is 31.9 Å². The van der Waals surface area contributed by atoms with Crippen molar-refractivity contribution in [1.82, 2.24) is 15.1 Å². The Kier molecular flexibility index (Phi) is 7.12. The Balaban J connectivity index is 1.43. The number of hydrogen-bond acceptors (Lipinski definition) is 6. The number of fused-ring (bicyclic) bond motifs is 2. The van der Waals surface area contributed by atoms with E-state index in [1.165, 1.54) is 5.57 Å². The number of carbonyl (C=O) groups excluding carboxylic acids is 2. The number of imide groups is 1. The van der Waals surface area contributed by atoms with Gasteiger partial charge in [0.05, 0.1) is 12.1 Å². The van der Waals surface area contributed by atoms with Crippen LogP contribution in [0.2, 0.25) is 0 Å². The summed E-state index contributed by atoms with van der Waals surface area (Å²) >= 11 is 0. The van der Waals surface area contributed by atoms with Crippen molar-refractivity contribution < 1.29 is 14.7 Å². The Labute approximate surface area is 216 Å². The monoisotopic (exact) mass is 497 g/mol. The summed E-state index contributed by atoms with van der Waals surface area (Å²) in [6.45, 7) is 6.28. The molecule has 1 aliphatic carbocycles. The van der Waals surface area contributed by atoms with Gasteiger partial charge in [0.15, 0.2) is 11.5 Å². The highest BCUT2D eigenvalue weighted by Gasteiger charge is 2.39. The van der Waals surface area contributed by atoms with Gasteiger partial charge in [-0.3, -0.25) is 20.0 Å². The summed E-state index contributed by atoms with van der Waals surface area (Å²) in [7, 11) is 0. The Morgan fingerprint density at radius 2 is 1.78 bits per heavy atom. The number of aliphatic imine (C=N–C) groups is 2. The number of urea groups is 1. The molecule has 0 aromatic heterocycles. The fourth-order valence-corrected chi connectivity index (χ4v) is 4.96. The summed E-state index contributed by atoms with van der Waals surface area (Å²) in [6, 6.07) is 18.9. The number of aliphatic hydroxyl groups excluding tert-OH is 1. The molecule has 2 aromatic rings. The highest BCUT2D eigenvalue weighted by molar-refractivity contribution is 6.69. The quantitative estimate of drug-likeness (QED) is 0.581. The molecule has 8 heteroatoms. The van der Waals surface area contributed by atoms with Gasteiger partial charge < -0.3 is 10.0 Å². The third-order valence-electron chi connectivity index (χ3n) is 7.09. The Hall–Kier alpha value is -3.88. The molecule has 0 fully saturated rings. The molecule has 0 bridgehead atoms. The van der Waals surface area contributed by atoms with Crippen LogP contribution >= 0.6 is 0 Å². The Morgan fingerprint density at radius 3 is 2.51 bits per heavy atom. The predicted molar refractivity (Wildman–Crippen MR) is 143 cm³/mol. The molecule has 2 heterocycles. The lowest BCUT2D eigenvalue weighted by molar-refractivity contribution is -0.113. The van der Waals surface area contributed by atoms with E-state index in [2.05, 4.69) is 52.3 Å². The van der Waals surface area contributed by atoms with Crippen molar-refractivity contribution >= 4 is 23.5 Å². The largest absolute Gasteiger partial charge is 0.387 e. The van der Waals surface area contributed by atoms with E-state index in [1.54, 1.807) is 0 Å². The van der Waals surface area contributed by atoms with Crippen LogP contribution in [0.5, 0.6) is 0 Å². The van der Waals surface area contributed by atoms with Crippen molar-refractivity contribution in [2.45, 2.75) is 39.0 Å². The molecule has 3 aliphatic rings. The second-order valence-electron chi connectivity index (χ2n) is 9.72. The van der Waals surface area contributed by atoms with Crippen LogP contribution in [0.3, 0.4) is 0 Å². The topological polar surface area (TPSA) is 97.6 Å². The van der Waals surface area contributed by atoms with Gasteiger partial charge in [-0.05, 0) is 37.5 Å². The molecule has 1 unspecified atom stereocenters. The van der Waals surface area contributed by atoms with Gasteiger partial charge >= 0.3 is 6.03 Å². The number of aliphatic hydroxyl groups is 1. The van der Waals surface area contributed by atoms with Gasteiger partial charge in [-0.25, -0.2) is 4.79 Å². The van der Waals surface area contributed by atoms with Crippen LogP contribution in [0, 0.1) is 0 Å². The maximum atomic E-state index is 12.6. The zero-order chi connectivity index (χ0) is 25.9. The van der Waals surface area contributed by atoms with Crippen molar-refractivity contribution in [2.24, 2.45) is 9.98 Å². The number of carbonyl (C=O) groups is 2. The van der Waals surface area contributed by atoms with Crippen LogP contribution in [0.1, 0.15) is 37.5 Å². The fourth-order valence-electron chi connectivity index (χ4n) is 4.96. The first kappa shape index (κ1) is 24.8. The van der Waals surface area contributed by atoms with Crippen molar-refractivity contribution in [3.63, 3.8) is 0 Å². The number of benzene rings is 2. The molecule has 0 spiro atoms. The minimum absolute atomic E-state index is 0.200. The van der Waals surface area contributed by atoms with Crippen molar-refractivity contribution in [1.29, 1.82) is 0 Å².